The fourth-order valence-electron chi connectivity index (χ4n) is 6.95. The highest BCUT2D eigenvalue weighted by molar-refractivity contribution is 7.26. The van der Waals surface area contributed by atoms with Crippen LogP contribution in [0.5, 0.6) is 0 Å². The number of thiophene rings is 2. The first-order valence-corrected chi connectivity index (χ1v) is 18.2. The summed E-state index contributed by atoms with van der Waals surface area (Å²) in [4.78, 5) is 15.7. The van der Waals surface area contributed by atoms with Crippen LogP contribution in [0.15, 0.2) is 164 Å². The van der Waals surface area contributed by atoms with Crippen molar-refractivity contribution in [2.24, 2.45) is 0 Å². The van der Waals surface area contributed by atoms with Gasteiger partial charge in [0.15, 0.2) is 17.5 Å². The van der Waals surface area contributed by atoms with Crippen molar-refractivity contribution in [3.8, 4) is 56.4 Å². The molecule has 0 aliphatic rings. The first kappa shape index (κ1) is 29.0. The van der Waals surface area contributed by atoms with Crippen LogP contribution in [0.4, 0.5) is 0 Å². The van der Waals surface area contributed by atoms with Crippen molar-refractivity contribution in [2.75, 3.05) is 0 Å². The largest absolute Gasteiger partial charge is 0.208 e. The standard InChI is InChI=1S/C45H27N3S2/c1-2-11-28(12-3-1)29-23-25-30(26-24-29)31-13-8-14-32(27-31)43-46-44(36-18-10-22-40-41(36)35-16-5-7-21-39(35)49-40)48-45(47-43)37-19-9-17-34-33-15-4-6-20-38(33)50-42(34)37/h1-27H. The van der Waals surface area contributed by atoms with Gasteiger partial charge in [-0.1, -0.05) is 133 Å². The highest BCUT2D eigenvalue weighted by atomic mass is 32.1. The van der Waals surface area contributed by atoms with E-state index in [-0.39, 0.29) is 0 Å². The van der Waals surface area contributed by atoms with Gasteiger partial charge in [0.25, 0.3) is 0 Å². The molecule has 0 fully saturated rings. The third-order valence-corrected chi connectivity index (χ3v) is 11.7. The minimum Gasteiger partial charge on any atom is -0.208 e. The Hall–Kier alpha value is -6.01. The molecule has 0 unspecified atom stereocenters. The molecule has 0 atom stereocenters. The van der Waals surface area contributed by atoms with Gasteiger partial charge in [0.05, 0.1) is 0 Å². The molecule has 10 aromatic rings. The lowest BCUT2D eigenvalue weighted by Crippen LogP contribution is -2.00. The monoisotopic (exact) mass is 673 g/mol. The van der Waals surface area contributed by atoms with Gasteiger partial charge in [-0.05, 0) is 52.6 Å². The van der Waals surface area contributed by atoms with Crippen LogP contribution in [0.2, 0.25) is 0 Å². The van der Waals surface area contributed by atoms with Gasteiger partial charge in [0, 0.05) is 57.0 Å². The number of hydrogen-bond acceptors (Lipinski definition) is 5. The van der Waals surface area contributed by atoms with E-state index in [9.17, 15) is 0 Å². The van der Waals surface area contributed by atoms with E-state index in [1.54, 1.807) is 22.7 Å². The Morgan fingerprint density at radius 1 is 0.320 bits per heavy atom. The minimum absolute atomic E-state index is 0.655. The Kier molecular flexibility index (Phi) is 6.86. The molecular formula is C45H27N3S2. The van der Waals surface area contributed by atoms with Crippen molar-refractivity contribution in [3.63, 3.8) is 0 Å². The molecule has 3 nitrogen and oxygen atoms in total. The van der Waals surface area contributed by atoms with Crippen molar-refractivity contribution in [3.05, 3.63) is 164 Å². The Morgan fingerprint density at radius 2 is 0.840 bits per heavy atom. The molecule has 0 amide bonds. The van der Waals surface area contributed by atoms with Gasteiger partial charge in [-0.2, -0.15) is 0 Å². The SMILES string of the molecule is c1ccc(-c2ccc(-c3cccc(-c4nc(-c5cccc6c5sc5ccccc56)nc(-c5cccc6sc7ccccc7c56)n4)c3)cc2)cc1. The summed E-state index contributed by atoms with van der Waals surface area (Å²) in [6.07, 6.45) is 0. The van der Waals surface area contributed by atoms with E-state index in [4.69, 9.17) is 15.0 Å². The third-order valence-electron chi connectivity index (χ3n) is 9.37. The van der Waals surface area contributed by atoms with E-state index in [0.29, 0.717) is 17.5 Å². The highest BCUT2D eigenvalue weighted by Crippen LogP contribution is 2.42. The van der Waals surface area contributed by atoms with E-state index in [1.807, 2.05) is 6.07 Å². The van der Waals surface area contributed by atoms with Crippen molar-refractivity contribution >= 4 is 63.0 Å². The summed E-state index contributed by atoms with van der Waals surface area (Å²) in [7, 11) is 0. The average molecular weight is 674 g/mol. The van der Waals surface area contributed by atoms with Crippen LogP contribution in [0.25, 0.3) is 96.8 Å². The maximum absolute atomic E-state index is 5.26. The van der Waals surface area contributed by atoms with Crippen LogP contribution < -0.4 is 0 Å². The molecule has 0 aliphatic heterocycles. The Morgan fingerprint density at radius 3 is 1.66 bits per heavy atom. The van der Waals surface area contributed by atoms with Crippen LogP contribution in [-0.2, 0) is 0 Å². The van der Waals surface area contributed by atoms with Crippen LogP contribution in [-0.4, -0.2) is 15.0 Å². The summed E-state index contributed by atoms with van der Waals surface area (Å²) < 4.78 is 4.92. The molecular weight excluding hydrogens is 647 g/mol. The zero-order valence-electron chi connectivity index (χ0n) is 26.7. The maximum atomic E-state index is 5.26. The molecule has 0 saturated heterocycles. The molecule has 0 radical (unpaired) electrons. The van der Waals surface area contributed by atoms with Gasteiger partial charge in [-0.25, -0.2) is 15.0 Å². The van der Waals surface area contributed by atoms with Gasteiger partial charge in [-0.15, -0.1) is 22.7 Å². The maximum Gasteiger partial charge on any atom is 0.165 e. The number of nitrogens with zero attached hydrogens (tertiary/aromatic N) is 3. The summed E-state index contributed by atoms with van der Waals surface area (Å²) in [5, 5.41) is 4.88. The van der Waals surface area contributed by atoms with Crippen LogP contribution >= 0.6 is 22.7 Å². The Bertz CT molecular complexity index is 2870. The molecule has 0 saturated carbocycles. The molecule has 3 aromatic heterocycles. The second-order valence-electron chi connectivity index (χ2n) is 12.4. The summed E-state index contributed by atoms with van der Waals surface area (Å²) in [5.41, 5.74) is 7.65. The molecule has 0 aliphatic carbocycles. The number of rotatable bonds is 5. The smallest absolute Gasteiger partial charge is 0.165 e. The molecule has 7 aromatic carbocycles. The van der Waals surface area contributed by atoms with Crippen molar-refractivity contribution in [1.29, 1.82) is 0 Å². The minimum atomic E-state index is 0.655. The van der Waals surface area contributed by atoms with E-state index in [0.717, 1.165) is 27.8 Å². The molecule has 10 rings (SSSR count). The summed E-state index contributed by atoms with van der Waals surface area (Å²) >= 11 is 3.60. The summed E-state index contributed by atoms with van der Waals surface area (Å²) in [6, 6.07) is 57.9. The van der Waals surface area contributed by atoms with Crippen LogP contribution in [0.1, 0.15) is 0 Å². The molecule has 0 N–H and O–H groups in total. The fraction of sp³-hybridized carbons (Fsp3) is 0. The number of fused-ring (bicyclic) bond motifs is 6. The molecule has 3 heterocycles. The predicted molar refractivity (Wildman–Crippen MR) is 213 cm³/mol. The molecule has 0 bridgehead atoms. The number of benzene rings is 7. The first-order valence-electron chi connectivity index (χ1n) is 16.6. The molecule has 0 spiro atoms. The number of hydrogen-bond donors (Lipinski definition) is 0. The van der Waals surface area contributed by atoms with Crippen molar-refractivity contribution in [1.82, 2.24) is 15.0 Å². The lowest BCUT2D eigenvalue weighted by Gasteiger charge is -2.11. The lowest BCUT2D eigenvalue weighted by atomic mass is 9.99. The zero-order valence-corrected chi connectivity index (χ0v) is 28.4. The second kappa shape index (κ2) is 11.8. The Labute approximate surface area is 296 Å². The highest BCUT2D eigenvalue weighted by Gasteiger charge is 2.19. The molecule has 234 valence electrons. The zero-order chi connectivity index (χ0) is 33.0. The van der Waals surface area contributed by atoms with Crippen LogP contribution in [0.3, 0.4) is 0 Å². The van der Waals surface area contributed by atoms with Gasteiger partial charge in [-0.3, -0.25) is 0 Å². The van der Waals surface area contributed by atoms with E-state index in [2.05, 4.69) is 158 Å². The van der Waals surface area contributed by atoms with Crippen molar-refractivity contribution < 1.29 is 0 Å². The first-order chi connectivity index (χ1) is 24.8. The fourth-order valence-corrected chi connectivity index (χ4v) is 9.30. The third kappa shape index (κ3) is 4.90. The predicted octanol–water partition coefficient (Wildman–Crippen LogP) is 12.9. The number of aromatic nitrogens is 3. The quantitative estimate of drug-likeness (QED) is 0.182. The second-order valence-corrected chi connectivity index (χ2v) is 14.5. The Balaban J connectivity index is 1.17. The van der Waals surface area contributed by atoms with Gasteiger partial charge >= 0.3 is 0 Å². The molecule has 5 heteroatoms. The van der Waals surface area contributed by atoms with Gasteiger partial charge in [0.2, 0.25) is 0 Å². The summed E-state index contributed by atoms with van der Waals surface area (Å²) in [5.74, 6) is 2.01. The lowest BCUT2D eigenvalue weighted by molar-refractivity contribution is 1.08. The normalized spacial score (nSPS) is 11.6. The summed E-state index contributed by atoms with van der Waals surface area (Å²) in [6.45, 7) is 0. The van der Waals surface area contributed by atoms with E-state index < -0.39 is 0 Å². The van der Waals surface area contributed by atoms with Gasteiger partial charge in [0.1, 0.15) is 0 Å². The van der Waals surface area contributed by atoms with E-state index in [1.165, 1.54) is 51.5 Å². The topological polar surface area (TPSA) is 38.7 Å². The van der Waals surface area contributed by atoms with Gasteiger partial charge < -0.3 is 0 Å². The van der Waals surface area contributed by atoms with E-state index >= 15 is 0 Å². The van der Waals surface area contributed by atoms with Crippen molar-refractivity contribution in [2.45, 2.75) is 0 Å². The molecule has 50 heavy (non-hydrogen) atoms. The van der Waals surface area contributed by atoms with Crippen LogP contribution in [0, 0.1) is 0 Å². The average Bonchev–Trinajstić information content (AvgIpc) is 3.77.